The van der Waals surface area contributed by atoms with E-state index in [1.807, 2.05) is 6.07 Å². The highest BCUT2D eigenvalue weighted by molar-refractivity contribution is 5.92. The van der Waals surface area contributed by atoms with E-state index in [9.17, 15) is 14.7 Å². The highest BCUT2D eigenvalue weighted by atomic mass is 16.5. The third-order valence-electron chi connectivity index (χ3n) is 3.32. The van der Waals surface area contributed by atoms with Crippen LogP contribution in [-0.2, 0) is 17.8 Å². The molecule has 0 fully saturated rings. The summed E-state index contributed by atoms with van der Waals surface area (Å²) in [4.78, 5) is 22.4. The Bertz CT molecular complexity index is 609. The highest BCUT2D eigenvalue weighted by Gasteiger charge is 2.22. The first-order valence-electron chi connectivity index (χ1n) is 6.36. The Morgan fingerprint density at radius 3 is 3.00 bits per heavy atom. The summed E-state index contributed by atoms with van der Waals surface area (Å²) in [5.41, 5.74) is 4.95. The molecule has 0 spiro atoms. The number of fused-ring (bicyclic) bond motifs is 1. The Labute approximate surface area is 115 Å². The predicted octanol–water partition coefficient (Wildman–Crippen LogP) is 0.723. The van der Waals surface area contributed by atoms with Crippen LogP contribution >= 0.6 is 0 Å². The summed E-state index contributed by atoms with van der Waals surface area (Å²) in [7, 11) is 0. The summed E-state index contributed by atoms with van der Waals surface area (Å²) >= 11 is 0. The van der Waals surface area contributed by atoms with Crippen LogP contribution in [0.25, 0.3) is 0 Å². The summed E-state index contributed by atoms with van der Waals surface area (Å²) in [5, 5.41) is 11.0. The normalized spacial score (nSPS) is 17.0. The predicted molar refractivity (Wildman–Crippen MR) is 70.3 cm³/mol. The molecule has 104 valence electrons. The molecule has 0 bridgehead atoms. The number of nitrogens with one attached hydrogen (secondary N) is 1. The Balaban J connectivity index is 1.87. The van der Waals surface area contributed by atoms with Gasteiger partial charge in [0, 0.05) is 12.6 Å². The second-order valence-corrected chi connectivity index (χ2v) is 4.78. The van der Waals surface area contributed by atoms with Gasteiger partial charge in [-0.3, -0.25) is 4.79 Å². The first-order valence-corrected chi connectivity index (χ1v) is 6.36. The number of carbonyl (C=O) groups excluding carboxylic acids is 1. The van der Waals surface area contributed by atoms with Crippen LogP contribution in [0.4, 0.5) is 0 Å². The van der Waals surface area contributed by atoms with Crippen molar-refractivity contribution in [3.63, 3.8) is 0 Å². The van der Waals surface area contributed by atoms with Gasteiger partial charge in [-0.1, -0.05) is 6.07 Å². The van der Waals surface area contributed by atoms with Gasteiger partial charge < -0.3 is 14.9 Å². The molecule has 0 aliphatic carbocycles. The number of rotatable bonds is 3. The minimum absolute atomic E-state index is 0.0230. The van der Waals surface area contributed by atoms with Gasteiger partial charge in [0.25, 0.3) is 0 Å². The molecule has 0 radical (unpaired) electrons. The number of carboxylic acids is 1. The average Bonchev–Trinajstić information content (AvgIpc) is 2.88. The van der Waals surface area contributed by atoms with E-state index in [0.29, 0.717) is 18.9 Å². The lowest BCUT2D eigenvalue weighted by Gasteiger charge is -2.24. The fourth-order valence-electron chi connectivity index (χ4n) is 2.39. The van der Waals surface area contributed by atoms with E-state index in [2.05, 4.69) is 5.43 Å². The van der Waals surface area contributed by atoms with Gasteiger partial charge in [-0.25, -0.2) is 10.2 Å². The van der Waals surface area contributed by atoms with Gasteiger partial charge in [0.05, 0.1) is 19.7 Å². The van der Waals surface area contributed by atoms with Crippen molar-refractivity contribution in [2.75, 3.05) is 13.2 Å². The number of ether oxygens (including phenoxy) is 1. The smallest absolute Gasteiger partial charge is 0.339 e. The monoisotopic (exact) mass is 274 g/mol. The molecule has 2 N–H and O–H groups in total. The van der Waals surface area contributed by atoms with E-state index in [-0.39, 0.29) is 17.9 Å². The molecule has 3 rings (SSSR count). The number of benzene rings is 1. The standard InChI is InChI=1S/C14H14N2O4/c17-11-1-3-16(15-7-11)8-9-5-10-2-4-20-13(10)12(6-9)14(18)19/h1,3,5-6,15H,2,4,7-8H2,(H,18,19). The molecule has 6 nitrogen and oxygen atoms in total. The average molecular weight is 274 g/mol. The molecule has 0 aromatic heterocycles. The van der Waals surface area contributed by atoms with Crippen LogP contribution in [0.3, 0.4) is 0 Å². The second-order valence-electron chi connectivity index (χ2n) is 4.78. The lowest BCUT2D eigenvalue weighted by Crippen LogP contribution is -2.39. The zero-order valence-electron chi connectivity index (χ0n) is 10.8. The van der Waals surface area contributed by atoms with E-state index >= 15 is 0 Å². The van der Waals surface area contributed by atoms with Crippen LogP contribution in [0.15, 0.2) is 24.4 Å². The van der Waals surface area contributed by atoms with E-state index in [1.54, 1.807) is 17.3 Å². The van der Waals surface area contributed by atoms with Gasteiger partial charge in [0.2, 0.25) is 0 Å². The van der Waals surface area contributed by atoms with Crippen molar-refractivity contribution in [1.29, 1.82) is 0 Å². The van der Waals surface area contributed by atoms with E-state index < -0.39 is 5.97 Å². The van der Waals surface area contributed by atoms with E-state index in [0.717, 1.165) is 17.5 Å². The third-order valence-corrected chi connectivity index (χ3v) is 3.32. The number of hydrogen-bond acceptors (Lipinski definition) is 5. The molecule has 0 atom stereocenters. The van der Waals surface area contributed by atoms with Crippen LogP contribution in [0, 0.1) is 0 Å². The minimum atomic E-state index is -0.984. The fourth-order valence-corrected chi connectivity index (χ4v) is 2.39. The summed E-state index contributed by atoms with van der Waals surface area (Å²) in [6.45, 7) is 1.28. The number of ketones is 1. The molecular weight excluding hydrogens is 260 g/mol. The molecule has 1 aromatic carbocycles. The van der Waals surface area contributed by atoms with Crippen molar-refractivity contribution in [2.24, 2.45) is 0 Å². The SMILES string of the molecule is O=C1C=CN(Cc2cc3c(c(C(=O)O)c2)OCC3)NC1. The first-order chi connectivity index (χ1) is 9.63. The molecule has 0 amide bonds. The summed E-state index contributed by atoms with van der Waals surface area (Å²) in [6.07, 6.45) is 3.90. The first kappa shape index (κ1) is 12.7. The second kappa shape index (κ2) is 4.97. The Hall–Kier alpha value is -2.34. The zero-order chi connectivity index (χ0) is 14.1. The lowest BCUT2D eigenvalue weighted by molar-refractivity contribution is -0.115. The van der Waals surface area contributed by atoms with Crippen molar-refractivity contribution in [3.05, 3.63) is 41.1 Å². The van der Waals surface area contributed by atoms with Crippen LogP contribution in [0.1, 0.15) is 21.5 Å². The Morgan fingerprint density at radius 1 is 1.45 bits per heavy atom. The van der Waals surface area contributed by atoms with Crippen LogP contribution in [0.5, 0.6) is 5.75 Å². The number of nitrogens with zero attached hydrogens (tertiary/aromatic N) is 1. The summed E-state index contributed by atoms with van der Waals surface area (Å²) < 4.78 is 5.38. The molecular formula is C14H14N2O4. The third kappa shape index (κ3) is 2.37. The van der Waals surface area contributed by atoms with Gasteiger partial charge in [-0.15, -0.1) is 0 Å². The molecule has 2 aliphatic heterocycles. The Kier molecular flexibility index (Phi) is 3.15. The van der Waals surface area contributed by atoms with Crippen molar-refractivity contribution >= 4 is 11.8 Å². The number of hydrogen-bond donors (Lipinski definition) is 2. The van der Waals surface area contributed by atoms with Crippen molar-refractivity contribution < 1.29 is 19.4 Å². The zero-order valence-corrected chi connectivity index (χ0v) is 10.8. The van der Waals surface area contributed by atoms with Crippen LogP contribution < -0.4 is 10.2 Å². The molecule has 6 heteroatoms. The molecule has 0 saturated carbocycles. The van der Waals surface area contributed by atoms with Crippen LogP contribution in [-0.4, -0.2) is 35.0 Å². The van der Waals surface area contributed by atoms with Gasteiger partial charge >= 0.3 is 5.97 Å². The van der Waals surface area contributed by atoms with Gasteiger partial charge in [-0.2, -0.15) is 0 Å². The van der Waals surface area contributed by atoms with Gasteiger partial charge in [-0.05, 0) is 23.3 Å². The van der Waals surface area contributed by atoms with E-state index in [1.165, 1.54) is 6.08 Å². The van der Waals surface area contributed by atoms with Crippen LogP contribution in [0.2, 0.25) is 0 Å². The molecule has 2 aliphatic rings. The number of aromatic carboxylic acids is 1. The van der Waals surface area contributed by atoms with E-state index in [4.69, 9.17) is 4.74 Å². The quantitative estimate of drug-likeness (QED) is 0.845. The molecule has 0 unspecified atom stereocenters. The number of carbonyl (C=O) groups is 2. The molecule has 0 saturated heterocycles. The minimum Gasteiger partial charge on any atom is -0.492 e. The van der Waals surface area contributed by atoms with Crippen molar-refractivity contribution in [2.45, 2.75) is 13.0 Å². The lowest BCUT2D eigenvalue weighted by atomic mass is 10.0. The molecule has 1 aromatic rings. The maximum atomic E-state index is 11.3. The van der Waals surface area contributed by atoms with Crippen molar-refractivity contribution in [1.82, 2.24) is 10.4 Å². The summed E-state index contributed by atoms with van der Waals surface area (Å²) in [5.74, 6) is -0.476. The maximum Gasteiger partial charge on any atom is 0.339 e. The fraction of sp³-hybridized carbons (Fsp3) is 0.286. The Morgan fingerprint density at radius 2 is 2.30 bits per heavy atom. The molecule has 2 heterocycles. The van der Waals surface area contributed by atoms with Gasteiger partial charge in [0.15, 0.2) is 5.78 Å². The highest BCUT2D eigenvalue weighted by Crippen LogP contribution is 2.31. The molecule has 20 heavy (non-hydrogen) atoms. The largest absolute Gasteiger partial charge is 0.492 e. The number of carboxylic acid groups (broad SMARTS) is 1. The van der Waals surface area contributed by atoms with Crippen molar-refractivity contribution in [3.8, 4) is 5.75 Å². The topological polar surface area (TPSA) is 78.9 Å². The maximum absolute atomic E-state index is 11.3. The number of hydrazine groups is 1. The van der Waals surface area contributed by atoms with Gasteiger partial charge in [0.1, 0.15) is 11.3 Å². The summed E-state index contributed by atoms with van der Waals surface area (Å²) in [6, 6.07) is 3.58.